The molecule has 0 saturated carbocycles. The van der Waals surface area contributed by atoms with Gasteiger partial charge in [0, 0.05) is 26.7 Å². The molecule has 0 aliphatic rings. The van der Waals surface area contributed by atoms with Crippen molar-refractivity contribution in [2.45, 2.75) is 6.61 Å². The Balaban J connectivity index is 2.69. The Bertz CT molecular complexity index is 535. The Labute approximate surface area is 108 Å². The summed E-state index contributed by atoms with van der Waals surface area (Å²) in [5.74, 6) is -0.495. The summed E-state index contributed by atoms with van der Waals surface area (Å²) in [6.07, 6.45) is 0. The third-order valence-electron chi connectivity index (χ3n) is 2.48. The van der Waals surface area contributed by atoms with Gasteiger partial charge >= 0.3 is 0 Å². The molecule has 0 saturated heterocycles. The van der Waals surface area contributed by atoms with Gasteiger partial charge in [-0.15, -0.1) is 0 Å². The van der Waals surface area contributed by atoms with Crippen LogP contribution in [-0.4, -0.2) is 5.11 Å². The van der Waals surface area contributed by atoms with Gasteiger partial charge in [-0.3, -0.25) is 0 Å². The first-order valence-electron chi connectivity index (χ1n) is 4.97. The van der Waals surface area contributed by atoms with Crippen LogP contribution in [0.3, 0.4) is 0 Å². The first kappa shape index (κ1) is 12.4. The maximum atomic E-state index is 14.0. The van der Waals surface area contributed by atoms with Crippen molar-refractivity contribution in [3.8, 4) is 11.1 Å². The van der Waals surface area contributed by atoms with E-state index < -0.39 is 5.82 Å². The van der Waals surface area contributed by atoms with Gasteiger partial charge < -0.3 is 5.11 Å². The number of hydrogen-bond acceptors (Lipinski definition) is 1. The summed E-state index contributed by atoms with van der Waals surface area (Å²) < 4.78 is 14.0. The van der Waals surface area contributed by atoms with Gasteiger partial charge in [0.2, 0.25) is 0 Å². The fourth-order valence-electron chi connectivity index (χ4n) is 1.65. The highest BCUT2D eigenvalue weighted by Crippen LogP contribution is 2.36. The highest BCUT2D eigenvalue weighted by atomic mass is 35.5. The average Bonchev–Trinajstić information content (AvgIpc) is 2.31. The monoisotopic (exact) mass is 270 g/mol. The quantitative estimate of drug-likeness (QED) is 0.863. The highest BCUT2D eigenvalue weighted by molar-refractivity contribution is 6.39. The lowest BCUT2D eigenvalue weighted by Gasteiger charge is -2.10. The van der Waals surface area contributed by atoms with Crippen LogP contribution in [0.1, 0.15) is 5.56 Å². The Morgan fingerprint density at radius 2 is 1.59 bits per heavy atom. The molecule has 0 radical (unpaired) electrons. The van der Waals surface area contributed by atoms with E-state index in [9.17, 15) is 4.39 Å². The fraction of sp³-hybridized carbons (Fsp3) is 0.0769. The maximum absolute atomic E-state index is 14.0. The van der Waals surface area contributed by atoms with Crippen LogP contribution in [0.2, 0.25) is 10.0 Å². The number of aliphatic hydroxyl groups excluding tert-OH is 1. The first-order valence-corrected chi connectivity index (χ1v) is 5.73. The standard InChI is InChI=1S/C13H9Cl2FO/c14-10-5-2-6-11(15)12(10)9-4-1-3-8(7-17)13(9)16/h1-6,17H,7H2. The molecule has 0 heterocycles. The minimum Gasteiger partial charge on any atom is -0.392 e. The number of benzene rings is 2. The molecular formula is C13H9Cl2FO. The molecule has 2 aromatic rings. The van der Waals surface area contributed by atoms with E-state index in [0.29, 0.717) is 21.2 Å². The summed E-state index contributed by atoms with van der Waals surface area (Å²) in [5, 5.41) is 9.78. The van der Waals surface area contributed by atoms with E-state index in [1.165, 1.54) is 6.07 Å². The summed E-state index contributed by atoms with van der Waals surface area (Å²) in [6.45, 7) is -0.359. The molecule has 2 aromatic carbocycles. The molecule has 1 nitrogen and oxygen atoms in total. The highest BCUT2D eigenvalue weighted by Gasteiger charge is 2.14. The molecule has 17 heavy (non-hydrogen) atoms. The molecule has 0 aliphatic heterocycles. The Kier molecular flexibility index (Phi) is 3.67. The third-order valence-corrected chi connectivity index (χ3v) is 3.11. The van der Waals surface area contributed by atoms with Crippen molar-refractivity contribution >= 4 is 23.2 Å². The third kappa shape index (κ3) is 2.29. The zero-order chi connectivity index (χ0) is 12.4. The first-order chi connectivity index (χ1) is 8.15. The van der Waals surface area contributed by atoms with Gasteiger partial charge in [0.1, 0.15) is 5.82 Å². The van der Waals surface area contributed by atoms with Crippen LogP contribution in [0.4, 0.5) is 4.39 Å². The Morgan fingerprint density at radius 3 is 2.18 bits per heavy atom. The topological polar surface area (TPSA) is 20.2 Å². The van der Waals surface area contributed by atoms with Crippen molar-refractivity contribution in [1.82, 2.24) is 0 Å². The summed E-state index contributed by atoms with van der Waals surface area (Å²) in [4.78, 5) is 0. The minimum absolute atomic E-state index is 0.221. The number of rotatable bonds is 2. The maximum Gasteiger partial charge on any atom is 0.136 e. The van der Waals surface area contributed by atoms with Crippen molar-refractivity contribution in [2.24, 2.45) is 0 Å². The molecule has 0 aliphatic carbocycles. The van der Waals surface area contributed by atoms with Gasteiger partial charge in [0.15, 0.2) is 0 Å². The smallest absolute Gasteiger partial charge is 0.136 e. The van der Waals surface area contributed by atoms with E-state index in [2.05, 4.69) is 0 Å². The van der Waals surface area contributed by atoms with Crippen molar-refractivity contribution in [2.75, 3.05) is 0 Å². The molecule has 0 unspecified atom stereocenters. The molecule has 4 heteroatoms. The van der Waals surface area contributed by atoms with E-state index in [-0.39, 0.29) is 12.2 Å². The molecule has 2 rings (SSSR count). The van der Waals surface area contributed by atoms with E-state index in [1.807, 2.05) is 0 Å². The fourth-order valence-corrected chi connectivity index (χ4v) is 2.25. The largest absolute Gasteiger partial charge is 0.392 e. The second-order valence-electron chi connectivity index (χ2n) is 3.53. The van der Waals surface area contributed by atoms with Crippen molar-refractivity contribution in [3.63, 3.8) is 0 Å². The molecule has 0 bridgehead atoms. The summed E-state index contributed by atoms with van der Waals surface area (Å²) in [5.41, 5.74) is 0.967. The zero-order valence-corrected chi connectivity index (χ0v) is 10.3. The lowest BCUT2D eigenvalue weighted by Crippen LogP contribution is -1.94. The molecule has 0 fully saturated rings. The molecule has 0 aromatic heterocycles. The molecule has 0 spiro atoms. The minimum atomic E-state index is -0.495. The van der Waals surface area contributed by atoms with Crippen LogP contribution >= 0.6 is 23.2 Å². The van der Waals surface area contributed by atoms with Crippen molar-refractivity contribution in [1.29, 1.82) is 0 Å². The lowest BCUT2D eigenvalue weighted by molar-refractivity contribution is 0.276. The molecular weight excluding hydrogens is 262 g/mol. The van der Waals surface area contributed by atoms with Crippen molar-refractivity contribution in [3.05, 3.63) is 57.8 Å². The van der Waals surface area contributed by atoms with Crippen LogP contribution in [-0.2, 0) is 6.61 Å². The number of aliphatic hydroxyl groups is 1. The summed E-state index contributed by atoms with van der Waals surface area (Å²) in [7, 11) is 0. The van der Waals surface area contributed by atoms with E-state index in [4.69, 9.17) is 28.3 Å². The molecule has 1 N–H and O–H groups in total. The molecule has 0 atom stereocenters. The van der Waals surface area contributed by atoms with Gasteiger partial charge in [-0.2, -0.15) is 0 Å². The second kappa shape index (κ2) is 5.05. The predicted molar refractivity (Wildman–Crippen MR) is 67.8 cm³/mol. The SMILES string of the molecule is OCc1cccc(-c2c(Cl)cccc2Cl)c1F. The predicted octanol–water partition coefficient (Wildman–Crippen LogP) is 4.29. The van der Waals surface area contributed by atoms with Gasteiger partial charge in [-0.05, 0) is 12.1 Å². The van der Waals surface area contributed by atoms with Crippen LogP contribution in [0.5, 0.6) is 0 Å². The van der Waals surface area contributed by atoms with E-state index in [1.54, 1.807) is 30.3 Å². The number of halogens is 3. The van der Waals surface area contributed by atoms with Crippen LogP contribution < -0.4 is 0 Å². The summed E-state index contributed by atoms with van der Waals surface area (Å²) >= 11 is 12.0. The Morgan fingerprint density at radius 1 is 1.00 bits per heavy atom. The zero-order valence-electron chi connectivity index (χ0n) is 8.75. The average molecular weight is 271 g/mol. The second-order valence-corrected chi connectivity index (χ2v) is 4.35. The van der Waals surface area contributed by atoms with E-state index in [0.717, 1.165) is 0 Å². The van der Waals surface area contributed by atoms with Gasteiger partial charge in [-0.1, -0.05) is 47.5 Å². The lowest BCUT2D eigenvalue weighted by atomic mass is 10.0. The van der Waals surface area contributed by atoms with Crippen molar-refractivity contribution < 1.29 is 9.50 Å². The van der Waals surface area contributed by atoms with E-state index >= 15 is 0 Å². The molecule has 88 valence electrons. The summed E-state index contributed by atoms with van der Waals surface area (Å²) in [6, 6.07) is 9.75. The molecule has 0 amide bonds. The van der Waals surface area contributed by atoms with Gasteiger partial charge in [-0.25, -0.2) is 4.39 Å². The normalized spacial score (nSPS) is 10.6. The van der Waals surface area contributed by atoms with Gasteiger partial charge in [0.25, 0.3) is 0 Å². The van der Waals surface area contributed by atoms with Crippen LogP contribution in [0.15, 0.2) is 36.4 Å². The van der Waals surface area contributed by atoms with Gasteiger partial charge in [0.05, 0.1) is 6.61 Å². The van der Waals surface area contributed by atoms with Crippen LogP contribution in [0.25, 0.3) is 11.1 Å². The number of hydrogen-bond donors (Lipinski definition) is 1. The Hall–Kier alpha value is -1.09. The van der Waals surface area contributed by atoms with Crippen LogP contribution in [0, 0.1) is 5.82 Å².